The van der Waals surface area contributed by atoms with E-state index in [2.05, 4.69) is 13.8 Å². The van der Waals surface area contributed by atoms with Gasteiger partial charge in [-0.05, 0) is 12.8 Å². The Hall–Kier alpha value is -0.660. The fraction of sp³-hybridized carbons (Fsp3) is 0.935. The summed E-state index contributed by atoms with van der Waals surface area (Å²) in [4.78, 5) is 20.2. The zero-order valence-electron chi connectivity index (χ0n) is 23.1. The van der Waals surface area contributed by atoms with E-state index < -0.39 is 0 Å². The molecule has 0 aliphatic rings. The van der Waals surface area contributed by atoms with Gasteiger partial charge in [0.25, 0.3) is 0 Å². The molecule has 0 aliphatic carbocycles. The average Bonchev–Trinajstić information content (AvgIpc) is 2.83. The highest BCUT2D eigenvalue weighted by Gasteiger charge is 1.94. The van der Waals surface area contributed by atoms with Crippen LogP contribution >= 0.6 is 0 Å². The number of hydrogen-bond acceptors (Lipinski definition) is 2. The van der Waals surface area contributed by atoms with Gasteiger partial charge in [0.1, 0.15) is 12.6 Å². The lowest BCUT2D eigenvalue weighted by Crippen LogP contribution is -1.83. The van der Waals surface area contributed by atoms with Gasteiger partial charge in [-0.15, -0.1) is 0 Å². The van der Waals surface area contributed by atoms with Gasteiger partial charge in [-0.3, -0.25) is 0 Å². The summed E-state index contributed by atoms with van der Waals surface area (Å²) in [6.45, 7) is 4.54. The van der Waals surface area contributed by atoms with E-state index >= 15 is 0 Å². The Kier molecular flexibility index (Phi) is 37.6. The van der Waals surface area contributed by atoms with E-state index in [4.69, 9.17) is 0 Å². The smallest absolute Gasteiger partial charge is 0.119 e. The van der Waals surface area contributed by atoms with Crippen LogP contribution in [0.3, 0.4) is 0 Å². The fourth-order valence-electron chi connectivity index (χ4n) is 4.31. The molecule has 0 radical (unpaired) electrons. The normalized spacial score (nSPS) is 10.6. The summed E-state index contributed by atoms with van der Waals surface area (Å²) in [5.41, 5.74) is 0. The molecule has 198 valence electrons. The van der Waals surface area contributed by atoms with Crippen molar-refractivity contribution in [2.45, 2.75) is 187 Å². The fourth-order valence-corrected chi connectivity index (χ4v) is 4.31. The standard InChI is InChI=1S/C16H32O.C15H30O/c1-2-3-4-5-6-7-8-9-10-11-12-13-14-15-16-17;1-2-3-4-5-6-7-8-9-10-11-12-13-14-15-16/h16H,2-15H2,1H3;15H,2-14H2,1H3. The van der Waals surface area contributed by atoms with Gasteiger partial charge in [0.15, 0.2) is 0 Å². The molecule has 0 aromatic carbocycles. The quantitative estimate of drug-likeness (QED) is 0.0890. The molecule has 0 fully saturated rings. The minimum Gasteiger partial charge on any atom is -0.303 e. The van der Waals surface area contributed by atoms with Crippen LogP contribution in [0.5, 0.6) is 0 Å². The van der Waals surface area contributed by atoms with E-state index in [-0.39, 0.29) is 0 Å². The van der Waals surface area contributed by atoms with Crippen molar-refractivity contribution in [1.29, 1.82) is 0 Å². The molecule has 0 N–H and O–H groups in total. The molecular weight excluding hydrogens is 404 g/mol. The van der Waals surface area contributed by atoms with Crippen LogP contribution in [0.2, 0.25) is 0 Å². The Morgan fingerprint density at radius 3 is 0.667 bits per heavy atom. The maximum atomic E-state index is 10.1. The molecule has 2 nitrogen and oxygen atoms in total. The predicted molar refractivity (Wildman–Crippen MR) is 148 cm³/mol. The van der Waals surface area contributed by atoms with Crippen molar-refractivity contribution in [1.82, 2.24) is 0 Å². The Bertz CT molecular complexity index is 340. The van der Waals surface area contributed by atoms with Crippen molar-refractivity contribution in [2.75, 3.05) is 0 Å². The zero-order chi connectivity index (χ0) is 24.5. The van der Waals surface area contributed by atoms with Crippen molar-refractivity contribution in [3.63, 3.8) is 0 Å². The van der Waals surface area contributed by atoms with Crippen LogP contribution in [0.1, 0.15) is 187 Å². The Labute approximate surface area is 209 Å². The molecule has 0 aliphatic heterocycles. The minimum absolute atomic E-state index is 0.761. The van der Waals surface area contributed by atoms with Crippen molar-refractivity contribution < 1.29 is 9.59 Å². The van der Waals surface area contributed by atoms with Crippen LogP contribution < -0.4 is 0 Å². The molecular formula is C31H62O2. The highest BCUT2D eigenvalue weighted by Crippen LogP contribution is 2.13. The first kappa shape index (κ1) is 34.5. The van der Waals surface area contributed by atoms with Crippen LogP contribution in [0.4, 0.5) is 0 Å². The zero-order valence-corrected chi connectivity index (χ0v) is 23.1. The second-order valence-electron chi connectivity index (χ2n) is 10.0. The SMILES string of the molecule is CCCCCCCCCCCCCCC=O.CCCCCCCCCCCCCCCC=O. The van der Waals surface area contributed by atoms with Crippen molar-refractivity contribution in [3.05, 3.63) is 0 Å². The summed E-state index contributed by atoms with van der Waals surface area (Å²) < 4.78 is 0. The number of carbonyl (C=O) groups is 2. The van der Waals surface area contributed by atoms with Crippen molar-refractivity contribution in [2.24, 2.45) is 0 Å². The maximum absolute atomic E-state index is 10.1. The van der Waals surface area contributed by atoms with Gasteiger partial charge >= 0.3 is 0 Å². The molecule has 0 aromatic rings. The van der Waals surface area contributed by atoms with E-state index in [9.17, 15) is 9.59 Å². The maximum Gasteiger partial charge on any atom is 0.119 e. The lowest BCUT2D eigenvalue weighted by Gasteiger charge is -2.02. The first-order valence-electron chi connectivity index (χ1n) is 15.2. The molecule has 0 atom stereocenters. The van der Waals surface area contributed by atoms with E-state index in [1.165, 1.54) is 148 Å². The second kappa shape index (κ2) is 35.9. The monoisotopic (exact) mass is 466 g/mol. The number of hydrogen-bond donors (Lipinski definition) is 0. The molecule has 0 aromatic heterocycles. The van der Waals surface area contributed by atoms with E-state index in [0.29, 0.717) is 0 Å². The Morgan fingerprint density at radius 2 is 0.485 bits per heavy atom. The third-order valence-corrected chi connectivity index (χ3v) is 6.60. The van der Waals surface area contributed by atoms with E-state index in [0.717, 1.165) is 38.3 Å². The molecule has 33 heavy (non-hydrogen) atoms. The molecule has 0 amide bonds. The highest BCUT2D eigenvalue weighted by molar-refractivity contribution is 5.49. The molecule has 0 unspecified atom stereocenters. The molecule has 0 saturated carbocycles. The summed E-state index contributed by atoms with van der Waals surface area (Å²) in [7, 11) is 0. The average molecular weight is 467 g/mol. The minimum atomic E-state index is 0.761. The van der Waals surface area contributed by atoms with Gasteiger partial charge in [-0.2, -0.15) is 0 Å². The van der Waals surface area contributed by atoms with Crippen LogP contribution in [0.15, 0.2) is 0 Å². The largest absolute Gasteiger partial charge is 0.303 e. The first-order valence-corrected chi connectivity index (χ1v) is 15.2. The van der Waals surface area contributed by atoms with Crippen LogP contribution in [0, 0.1) is 0 Å². The van der Waals surface area contributed by atoms with Crippen molar-refractivity contribution >= 4 is 12.6 Å². The molecule has 0 heterocycles. The van der Waals surface area contributed by atoms with Crippen LogP contribution in [0.25, 0.3) is 0 Å². The first-order chi connectivity index (χ1) is 16.3. The van der Waals surface area contributed by atoms with Gasteiger partial charge in [0.2, 0.25) is 0 Å². The van der Waals surface area contributed by atoms with Crippen LogP contribution in [-0.2, 0) is 9.59 Å². The summed E-state index contributed by atoms with van der Waals surface area (Å²) in [6.07, 6.45) is 37.8. The summed E-state index contributed by atoms with van der Waals surface area (Å²) in [6, 6.07) is 0. The molecule has 0 rings (SSSR count). The number of aldehydes is 2. The van der Waals surface area contributed by atoms with Crippen molar-refractivity contribution in [3.8, 4) is 0 Å². The third-order valence-electron chi connectivity index (χ3n) is 6.60. The van der Waals surface area contributed by atoms with E-state index in [1.54, 1.807) is 0 Å². The second-order valence-corrected chi connectivity index (χ2v) is 10.0. The van der Waals surface area contributed by atoms with Gasteiger partial charge in [-0.1, -0.05) is 162 Å². The Balaban J connectivity index is 0. The number of unbranched alkanes of at least 4 members (excludes halogenated alkanes) is 25. The number of rotatable bonds is 27. The van der Waals surface area contributed by atoms with Gasteiger partial charge in [-0.25, -0.2) is 0 Å². The predicted octanol–water partition coefficient (Wildman–Crippen LogP) is 10.9. The third kappa shape index (κ3) is 38.9. The van der Waals surface area contributed by atoms with Gasteiger partial charge in [0, 0.05) is 12.8 Å². The number of carbonyl (C=O) groups excluding carboxylic acids is 2. The lowest BCUT2D eigenvalue weighted by atomic mass is 10.0. The molecule has 2 heteroatoms. The summed E-state index contributed by atoms with van der Waals surface area (Å²) >= 11 is 0. The summed E-state index contributed by atoms with van der Waals surface area (Å²) in [5.74, 6) is 0. The van der Waals surface area contributed by atoms with E-state index in [1.807, 2.05) is 0 Å². The van der Waals surface area contributed by atoms with Gasteiger partial charge < -0.3 is 9.59 Å². The Morgan fingerprint density at radius 1 is 0.303 bits per heavy atom. The highest BCUT2D eigenvalue weighted by atomic mass is 16.1. The molecule has 0 saturated heterocycles. The lowest BCUT2D eigenvalue weighted by molar-refractivity contribution is -0.108. The molecule has 0 bridgehead atoms. The topological polar surface area (TPSA) is 34.1 Å². The van der Waals surface area contributed by atoms with Crippen LogP contribution in [-0.4, -0.2) is 12.6 Å². The molecule has 0 spiro atoms. The summed E-state index contributed by atoms with van der Waals surface area (Å²) in [5, 5.41) is 0. The van der Waals surface area contributed by atoms with Gasteiger partial charge in [0.05, 0.1) is 0 Å².